The van der Waals surface area contributed by atoms with Crippen LogP contribution in [0.4, 0.5) is 0 Å². The molecule has 1 aliphatic rings. The first-order valence-electron chi connectivity index (χ1n) is 6.34. The zero-order valence-electron chi connectivity index (χ0n) is 11.1. The number of carbonyl (C=O) groups is 2. The highest BCUT2D eigenvalue weighted by molar-refractivity contribution is 5.95. The van der Waals surface area contributed by atoms with E-state index in [9.17, 15) is 9.59 Å². The van der Waals surface area contributed by atoms with Gasteiger partial charge in [0.15, 0.2) is 0 Å². The van der Waals surface area contributed by atoms with Crippen molar-refractivity contribution in [3.8, 4) is 0 Å². The number of benzene rings is 1. The van der Waals surface area contributed by atoms with E-state index < -0.39 is 12.0 Å². The summed E-state index contributed by atoms with van der Waals surface area (Å²) >= 11 is 0. The van der Waals surface area contributed by atoms with Crippen molar-refractivity contribution in [3.05, 3.63) is 35.4 Å². The van der Waals surface area contributed by atoms with E-state index in [0.29, 0.717) is 18.7 Å². The fraction of sp³-hybridized carbons (Fsp3) is 0.429. The van der Waals surface area contributed by atoms with Crippen LogP contribution in [0, 0.1) is 6.92 Å². The van der Waals surface area contributed by atoms with Gasteiger partial charge in [-0.05, 0) is 26.0 Å². The van der Waals surface area contributed by atoms with Crippen molar-refractivity contribution in [3.63, 3.8) is 0 Å². The lowest BCUT2D eigenvalue weighted by molar-refractivity contribution is -0.141. The van der Waals surface area contributed by atoms with Gasteiger partial charge in [-0.25, -0.2) is 0 Å². The third-order valence-electron chi connectivity index (χ3n) is 3.48. The highest BCUT2D eigenvalue weighted by Gasteiger charge is 2.35. The van der Waals surface area contributed by atoms with Gasteiger partial charge in [-0.3, -0.25) is 9.59 Å². The number of rotatable bonds is 2. The summed E-state index contributed by atoms with van der Waals surface area (Å²) in [6.45, 7) is 4.72. The van der Waals surface area contributed by atoms with E-state index in [4.69, 9.17) is 5.11 Å². The number of amides is 1. The number of nitrogens with zero attached hydrogens (tertiary/aromatic N) is 1. The Morgan fingerprint density at radius 2 is 2.16 bits per heavy atom. The Labute approximate surface area is 112 Å². The minimum atomic E-state index is -0.922. The average molecular weight is 262 g/mol. The van der Waals surface area contributed by atoms with Crippen LogP contribution in [-0.2, 0) is 4.79 Å². The van der Waals surface area contributed by atoms with Crippen molar-refractivity contribution in [1.82, 2.24) is 10.2 Å². The van der Waals surface area contributed by atoms with E-state index >= 15 is 0 Å². The molecule has 5 nitrogen and oxygen atoms in total. The lowest BCUT2D eigenvalue weighted by Gasteiger charge is -2.38. The maximum atomic E-state index is 12.4. The van der Waals surface area contributed by atoms with Crippen LogP contribution < -0.4 is 5.32 Å². The maximum Gasteiger partial charge on any atom is 0.322 e. The average Bonchev–Trinajstić information content (AvgIpc) is 2.38. The van der Waals surface area contributed by atoms with Crippen LogP contribution in [0.2, 0.25) is 0 Å². The number of hydrogen-bond acceptors (Lipinski definition) is 3. The molecule has 2 rings (SSSR count). The molecule has 0 aliphatic carbocycles. The molecule has 1 aromatic rings. The Bertz CT molecular complexity index is 501. The van der Waals surface area contributed by atoms with Crippen LogP contribution in [0.15, 0.2) is 24.3 Å². The van der Waals surface area contributed by atoms with Crippen molar-refractivity contribution >= 4 is 11.9 Å². The van der Waals surface area contributed by atoms with Gasteiger partial charge >= 0.3 is 5.97 Å². The second-order valence-electron chi connectivity index (χ2n) is 4.88. The number of piperazine rings is 1. The molecule has 2 unspecified atom stereocenters. The summed E-state index contributed by atoms with van der Waals surface area (Å²) in [6.07, 6.45) is 0. The third-order valence-corrected chi connectivity index (χ3v) is 3.48. The van der Waals surface area contributed by atoms with E-state index in [-0.39, 0.29) is 11.9 Å². The summed E-state index contributed by atoms with van der Waals surface area (Å²) in [4.78, 5) is 25.2. The quantitative estimate of drug-likeness (QED) is 0.830. The van der Waals surface area contributed by atoms with Crippen LogP contribution in [0.5, 0.6) is 0 Å². The molecule has 1 amide bonds. The van der Waals surface area contributed by atoms with Gasteiger partial charge < -0.3 is 15.3 Å². The number of carboxylic acids is 1. The molecular weight excluding hydrogens is 244 g/mol. The second-order valence-corrected chi connectivity index (χ2v) is 4.88. The van der Waals surface area contributed by atoms with Gasteiger partial charge in [-0.15, -0.1) is 0 Å². The third kappa shape index (κ3) is 2.76. The molecule has 19 heavy (non-hydrogen) atoms. The minimum absolute atomic E-state index is 0.107. The van der Waals surface area contributed by atoms with E-state index in [2.05, 4.69) is 5.32 Å². The van der Waals surface area contributed by atoms with E-state index in [1.54, 1.807) is 17.9 Å². The highest BCUT2D eigenvalue weighted by atomic mass is 16.4. The van der Waals surface area contributed by atoms with Crippen molar-refractivity contribution in [2.75, 3.05) is 13.1 Å². The predicted octanol–water partition coefficient (Wildman–Crippen LogP) is 0.882. The Kier molecular flexibility index (Phi) is 3.85. The van der Waals surface area contributed by atoms with Crippen molar-refractivity contribution in [1.29, 1.82) is 0 Å². The van der Waals surface area contributed by atoms with Gasteiger partial charge in [0, 0.05) is 18.7 Å². The molecule has 5 heteroatoms. The van der Waals surface area contributed by atoms with Gasteiger partial charge in [0.1, 0.15) is 6.04 Å². The fourth-order valence-corrected chi connectivity index (χ4v) is 2.42. The molecule has 0 radical (unpaired) electrons. The number of nitrogens with one attached hydrogen (secondary N) is 1. The monoisotopic (exact) mass is 262 g/mol. The first kappa shape index (κ1) is 13.5. The SMILES string of the molecule is Cc1cccc(C(=O)N2CCNC(C(=O)O)C2C)c1. The van der Waals surface area contributed by atoms with Crippen molar-refractivity contribution in [2.45, 2.75) is 25.9 Å². The van der Waals surface area contributed by atoms with Crippen LogP contribution in [-0.4, -0.2) is 47.1 Å². The molecule has 1 saturated heterocycles. The number of carboxylic acid groups (broad SMARTS) is 1. The van der Waals surface area contributed by atoms with Crippen molar-refractivity contribution in [2.24, 2.45) is 0 Å². The molecule has 1 aliphatic heterocycles. The van der Waals surface area contributed by atoms with Crippen LogP contribution in [0.3, 0.4) is 0 Å². The summed E-state index contributed by atoms with van der Waals surface area (Å²) in [5.74, 6) is -1.03. The van der Waals surface area contributed by atoms with E-state index in [1.807, 2.05) is 25.1 Å². The number of aryl methyl sites for hydroxylation is 1. The summed E-state index contributed by atoms with van der Waals surface area (Å²) in [7, 11) is 0. The molecule has 1 aromatic carbocycles. The molecule has 1 heterocycles. The topological polar surface area (TPSA) is 69.6 Å². The van der Waals surface area contributed by atoms with E-state index in [1.165, 1.54) is 0 Å². The largest absolute Gasteiger partial charge is 0.480 e. The number of carbonyl (C=O) groups excluding carboxylic acids is 1. The standard InChI is InChI=1S/C14H18N2O3/c1-9-4-3-5-11(8-9)13(17)16-7-6-15-12(10(16)2)14(18)19/h3-5,8,10,12,15H,6-7H2,1-2H3,(H,18,19). The van der Waals surface area contributed by atoms with Gasteiger partial charge in [0.05, 0.1) is 6.04 Å². The van der Waals surface area contributed by atoms with Gasteiger partial charge in [-0.2, -0.15) is 0 Å². The van der Waals surface area contributed by atoms with Gasteiger partial charge in [0.2, 0.25) is 0 Å². The summed E-state index contributed by atoms with van der Waals surface area (Å²) in [5.41, 5.74) is 1.63. The lowest BCUT2D eigenvalue weighted by Crippen LogP contribution is -2.61. The Hall–Kier alpha value is -1.88. The molecular formula is C14H18N2O3. The molecule has 0 bridgehead atoms. The first-order valence-corrected chi connectivity index (χ1v) is 6.34. The maximum absolute atomic E-state index is 12.4. The minimum Gasteiger partial charge on any atom is -0.480 e. The molecule has 2 atom stereocenters. The molecule has 0 spiro atoms. The van der Waals surface area contributed by atoms with Crippen LogP contribution in [0.25, 0.3) is 0 Å². The molecule has 0 saturated carbocycles. The molecule has 1 fully saturated rings. The summed E-state index contributed by atoms with van der Waals surface area (Å²) in [6, 6.07) is 6.29. The zero-order valence-corrected chi connectivity index (χ0v) is 11.1. The van der Waals surface area contributed by atoms with Crippen LogP contribution in [0.1, 0.15) is 22.8 Å². The van der Waals surface area contributed by atoms with Gasteiger partial charge in [-0.1, -0.05) is 17.7 Å². The van der Waals surface area contributed by atoms with Crippen molar-refractivity contribution < 1.29 is 14.7 Å². The number of aliphatic carboxylic acids is 1. The Balaban J connectivity index is 2.21. The first-order chi connectivity index (χ1) is 9.00. The van der Waals surface area contributed by atoms with Crippen LogP contribution >= 0.6 is 0 Å². The number of hydrogen-bond donors (Lipinski definition) is 2. The molecule has 2 N–H and O–H groups in total. The van der Waals surface area contributed by atoms with Gasteiger partial charge in [0.25, 0.3) is 5.91 Å². The summed E-state index contributed by atoms with van der Waals surface area (Å²) < 4.78 is 0. The smallest absolute Gasteiger partial charge is 0.322 e. The second kappa shape index (κ2) is 5.40. The Morgan fingerprint density at radius 1 is 1.42 bits per heavy atom. The fourth-order valence-electron chi connectivity index (χ4n) is 2.42. The van der Waals surface area contributed by atoms with E-state index in [0.717, 1.165) is 5.56 Å². The normalized spacial score (nSPS) is 23.2. The zero-order chi connectivity index (χ0) is 14.0. The highest BCUT2D eigenvalue weighted by Crippen LogP contribution is 2.15. The summed E-state index contributed by atoms with van der Waals surface area (Å²) in [5, 5.41) is 12.0. The molecule has 0 aromatic heterocycles. The lowest BCUT2D eigenvalue weighted by atomic mass is 10.0. The Morgan fingerprint density at radius 3 is 2.79 bits per heavy atom. The predicted molar refractivity (Wildman–Crippen MR) is 71.1 cm³/mol. The molecule has 102 valence electrons.